The molecular formula is C15H12F3NO3S. The number of alkyl halides is 3. The summed E-state index contributed by atoms with van der Waals surface area (Å²) in [6, 6.07) is 6.10. The van der Waals surface area contributed by atoms with Crippen molar-refractivity contribution >= 4 is 23.2 Å². The lowest BCUT2D eigenvalue weighted by Gasteiger charge is -2.14. The van der Waals surface area contributed by atoms with Gasteiger partial charge in [0.2, 0.25) is 0 Å². The first kappa shape index (κ1) is 17.0. The number of nitrogens with one attached hydrogen (secondary N) is 1. The molecule has 1 aromatic carbocycles. The normalized spacial score (nSPS) is 12.7. The summed E-state index contributed by atoms with van der Waals surface area (Å²) in [5.41, 5.74) is -1.20. The number of benzene rings is 1. The molecule has 0 aliphatic heterocycles. The number of hydrogen-bond acceptors (Lipinski definition) is 3. The fourth-order valence-corrected chi connectivity index (χ4v) is 2.66. The fraction of sp³-hybridized carbons (Fsp3) is 0.200. The summed E-state index contributed by atoms with van der Waals surface area (Å²) in [4.78, 5) is 24.0. The van der Waals surface area contributed by atoms with Gasteiger partial charge >= 0.3 is 12.1 Å². The molecule has 0 aliphatic rings. The molecule has 1 atom stereocenters. The van der Waals surface area contributed by atoms with Crippen molar-refractivity contribution in [2.24, 2.45) is 0 Å². The number of rotatable bonds is 5. The molecule has 1 aromatic heterocycles. The topological polar surface area (TPSA) is 66.4 Å². The van der Waals surface area contributed by atoms with Gasteiger partial charge in [-0.05, 0) is 29.6 Å². The molecule has 0 radical (unpaired) electrons. The van der Waals surface area contributed by atoms with Gasteiger partial charge in [0.15, 0.2) is 0 Å². The highest BCUT2D eigenvalue weighted by atomic mass is 32.1. The number of carboxylic acid groups (broad SMARTS) is 1. The van der Waals surface area contributed by atoms with Crippen LogP contribution in [-0.2, 0) is 17.4 Å². The van der Waals surface area contributed by atoms with Crippen LogP contribution >= 0.6 is 11.3 Å². The molecule has 1 amide bonds. The van der Waals surface area contributed by atoms with Gasteiger partial charge < -0.3 is 10.4 Å². The number of hydrogen-bond donors (Lipinski definition) is 2. The van der Waals surface area contributed by atoms with Gasteiger partial charge in [0.05, 0.1) is 5.56 Å². The molecule has 2 aromatic rings. The van der Waals surface area contributed by atoms with E-state index in [0.717, 1.165) is 17.0 Å². The Morgan fingerprint density at radius 1 is 1.22 bits per heavy atom. The maximum Gasteiger partial charge on any atom is 0.416 e. The summed E-state index contributed by atoms with van der Waals surface area (Å²) in [7, 11) is 0. The third-order valence-electron chi connectivity index (χ3n) is 3.04. The molecule has 0 unspecified atom stereocenters. The molecule has 0 aliphatic carbocycles. The molecule has 1 heterocycles. The molecule has 8 heteroatoms. The number of halogens is 3. The molecule has 122 valence electrons. The van der Waals surface area contributed by atoms with Crippen LogP contribution < -0.4 is 5.32 Å². The molecule has 2 rings (SSSR count). The Bertz CT molecular complexity index is 698. The maximum atomic E-state index is 12.6. The van der Waals surface area contributed by atoms with Gasteiger partial charge in [-0.3, -0.25) is 4.79 Å². The van der Waals surface area contributed by atoms with E-state index in [4.69, 9.17) is 5.11 Å². The number of aliphatic carboxylic acids is 1. The highest BCUT2D eigenvalue weighted by Crippen LogP contribution is 2.29. The standard InChI is InChI=1S/C15H12F3NO3S/c16-15(17,18)10-4-1-3-9(7-10)13(20)19-12(14(21)22)8-11-5-2-6-23-11/h1-7,12H,8H2,(H,19,20)(H,21,22)/t12-/m0/s1. The smallest absolute Gasteiger partial charge is 0.416 e. The highest BCUT2D eigenvalue weighted by Gasteiger charge is 2.31. The zero-order valence-electron chi connectivity index (χ0n) is 11.6. The van der Waals surface area contributed by atoms with E-state index in [1.165, 1.54) is 17.4 Å². The van der Waals surface area contributed by atoms with Crippen molar-refractivity contribution in [2.75, 3.05) is 0 Å². The van der Waals surface area contributed by atoms with E-state index < -0.39 is 29.7 Å². The largest absolute Gasteiger partial charge is 0.480 e. The van der Waals surface area contributed by atoms with Crippen molar-refractivity contribution in [3.63, 3.8) is 0 Å². The molecule has 0 bridgehead atoms. The van der Waals surface area contributed by atoms with Crippen LogP contribution in [0.3, 0.4) is 0 Å². The van der Waals surface area contributed by atoms with Crippen LogP contribution in [-0.4, -0.2) is 23.0 Å². The van der Waals surface area contributed by atoms with Gasteiger partial charge in [-0.1, -0.05) is 12.1 Å². The predicted molar refractivity (Wildman–Crippen MR) is 78.4 cm³/mol. The molecule has 0 saturated carbocycles. The van der Waals surface area contributed by atoms with E-state index in [2.05, 4.69) is 5.32 Å². The molecule has 0 spiro atoms. The van der Waals surface area contributed by atoms with E-state index >= 15 is 0 Å². The zero-order valence-corrected chi connectivity index (χ0v) is 12.4. The van der Waals surface area contributed by atoms with Crippen LogP contribution in [0.2, 0.25) is 0 Å². The van der Waals surface area contributed by atoms with Gasteiger partial charge in [0.1, 0.15) is 6.04 Å². The van der Waals surface area contributed by atoms with E-state index in [9.17, 15) is 22.8 Å². The first-order chi connectivity index (χ1) is 10.8. The second kappa shape index (κ2) is 6.82. The maximum absolute atomic E-state index is 12.6. The van der Waals surface area contributed by atoms with Gasteiger partial charge in [-0.2, -0.15) is 13.2 Å². The van der Waals surface area contributed by atoms with E-state index in [1.54, 1.807) is 17.5 Å². The van der Waals surface area contributed by atoms with E-state index in [-0.39, 0.29) is 12.0 Å². The molecule has 0 fully saturated rings. The summed E-state index contributed by atoms with van der Waals surface area (Å²) in [6.45, 7) is 0. The van der Waals surface area contributed by atoms with Gasteiger partial charge in [-0.15, -0.1) is 11.3 Å². The predicted octanol–water partition coefficient (Wildman–Crippen LogP) is 3.19. The molecular weight excluding hydrogens is 331 g/mol. The molecule has 23 heavy (non-hydrogen) atoms. The quantitative estimate of drug-likeness (QED) is 0.876. The second-order valence-electron chi connectivity index (χ2n) is 4.73. The minimum atomic E-state index is -4.57. The monoisotopic (exact) mass is 343 g/mol. The lowest BCUT2D eigenvalue weighted by Crippen LogP contribution is -2.42. The lowest BCUT2D eigenvalue weighted by atomic mass is 10.1. The molecule has 0 saturated heterocycles. The number of carbonyl (C=O) groups is 2. The van der Waals surface area contributed by atoms with Crippen molar-refractivity contribution in [2.45, 2.75) is 18.6 Å². The third-order valence-corrected chi connectivity index (χ3v) is 3.94. The second-order valence-corrected chi connectivity index (χ2v) is 5.76. The Morgan fingerprint density at radius 3 is 2.52 bits per heavy atom. The first-order valence-electron chi connectivity index (χ1n) is 6.50. The van der Waals surface area contributed by atoms with Crippen molar-refractivity contribution in [3.05, 3.63) is 57.8 Å². The summed E-state index contributed by atoms with van der Waals surface area (Å²) in [6.07, 6.45) is -4.50. The van der Waals surface area contributed by atoms with Crippen molar-refractivity contribution < 1.29 is 27.9 Å². The molecule has 2 N–H and O–H groups in total. The van der Waals surface area contributed by atoms with Crippen LogP contribution in [0, 0.1) is 0 Å². The Labute approximate surface area is 133 Å². The van der Waals surface area contributed by atoms with Gasteiger partial charge in [0.25, 0.3) is 5.91 Å². The van der Waals surface area contributed by atoms with E-state index in [1.807, 2.05) is 0 Å². The van der Waals surface area contributed by atoms with Crippen LogP contribution in [0.1, 0.15) is 20.8 Å². The Balaban J connectivity index is 2.14. The van der Waals surface area contributed by atoms with Crippen LogP contribution in [0.5, 0.6) is 0 Å². The minimum absolute atomic E-state index is 0.0672. The van der Waals surface area contributed by atoms with Crippen LogP contribution in [0.15, 0.2) is 41.8 Å². The summed E-state index contributed by atoms with van der Waals surface area (Å²) < 4.78 is 37.9. The number of carbonyl (C=O) groups excluding carboxylic acids is 1. The summed E-state index contributed by atoms with van der Waals surface area (Å²) in [5.74, 6) is -2.11. The van der Waals surface area contributed by atoms with Gasteiger partial charge in [-0.25, -0.2) is 4.79 Å². The summed E-state index contributed by atoms with van der Waals surface area (Å²) >= 11 is 1.33. The lowest BCUT2D eigenvalue weighted by molar-refractivity contribution is -0.139. The first-order valence-corrected chi connectivity index (χ1v) is 7.38. The Morgan fingerprint density at radius 2 is 1.96 bits per heavy atom. The average molecular weight is 343 g/mol. The van der Waals surface area contributed by atoms with Crippen molar-refractivity contribution in [1.29, 1.82) is 0 Å². The Kier molecular flexibility index (Phi) is 5.05. The number of amides is 1. The Hall–Kier alpha value is -2.35. The van der Waals surface area contributed by atoms with Crippen LogP contribution in [0.4, 0.5) is 13.2 Å². The summed E-state index contributed by atoms with van der Waals surface area (Å²) in [5, 5.41) is 13.2. The number of thiophene rings is 1. The highest BCUT2D eigenvalue weighted by molar-refractivity contribution is 7.09. The third kappa shape index (κ3) is 4.56. The average Bonchev–Trinajstić information content (AvgIpc) is 2.98. The molecule has 4 nitrogen and oxygen atoms in total. The number of carboxylic acids is 1. The van der Waals surface area contributed by atoms with E-state index in [0.29, 0.717) is 6.07 Å². The SMILES string of the molecule is O=C(N[C@@H](Cc1cccs1)C(=O)O)c1cccc(C(F)(F)F)c1. The van der Waals surface area contributed by atoms with Crippen molar-refractivity contribution in [1.82, 2.24) is 5.32 Å². The zero-order chi connectivity index (χ0) is 17.0. The van der Waals surface area contributed by atoms with Crippen molar-refractivity contribution in [3.8, 4) is 0 Å². The fourth-order valence-electron chi connectivity index (χ4n) is 1.91. The minimum Gasteiger partial charge on any atom is -0.480 e. The van der Waals surface area contributed by atoms with Crippen LogP contribution in [0.25, 0.3) is 0 Å². The van der Waals surface area contributed by atoms with Gasteiger partial charge in [0, 0.05) is 16.9 Å².